The van der Waals surface area contributed by atoms with Crippen LogP contribution in [-0.4, -0.2) is 33.4 Å². The number of hydrogen-bond donors (Lipinski definition) is 1. The van der Waals surface area contributed by atoms with Crippen molar-refractivity contribution in [3.05, 3.63) is 46.4 Å². The lowest BCUT2D eigenvalue weighted by molar-refractivity contribution is 0.0687. The summed E-state index contributed by atoms with van der Waals surface area (Å²) in [7, 11) is 3.76. The van der Waals surface area contributed by atoms with Gasteiger partial charge in [-0.05, 0) is 25.0 Å². The Balaban J connectivity index is 1.84. The van der Waals surface area contributed by atoms with Crippen LogP contribution in [0.15, 0.2) is 35.1 Å². The molecule has 5 nitrogen and oxygen atoms in total. The molecule has 3 aromatic rings. The van der Waals surface area contributed by atoms with Gasteiger partial charge in [-0.25, -0.2) is 0 Å². The van der Waals surface area contributed by atoms with E-state index in [0.717, 1.165) is 29.3 Å². The number of benzene rings is 1. The number of hydrogen-bond acceptors (Lipinski definition) is 2. The molecule has 0 atom stereocenters. The Morgan fingerprint density at radius 2 is 1.88 bits per heavy atom. The Labute approximate surface area is 146 Å². The fraction of sp³-hybridized carbons (Fsp3) is 0.400. The van der Waals surface area contributed by atoms with Crippen LogP contribution < -0.4 is 5.56 Å². The molecule has 25 heavy (non-hydrogen) atoms. The van der Waals surface area contributed by atoms with Gasteiger partial charge >= 0.3 is 0 Å². The van der Waals surface area contributed by atoms with Crippen molar-refractivity contribution in [2.45, 2.75) is 38.1 Å². The number of aromatic amines is 1. The van der Waals surface area contributed by atoms with Gasteiger partial charge in [0.1, 0.15) is 5.69 Å². The molecule has 2 aromatic heterocycles. The Bertz CT molecular complexity index is 1010. The van der Waals surface area contributed by atoms with Crippen molar-refractivity contribution in [2.24, 2.45) is 7.05 Å². The highest BCUT2D eigenvalue weighted by Gasteiger charge is 2.26. The van der Waals surface area contributed by atoms with Crippen LogP contribution in [0.2, 0.25) is 0 Å². The molecular formula is C20H23N3O2. The lowest BCUT2D eigenvalue weighted by Gasteiger charge is -2.31. The van der Waals surface area contributed by atoms with E-state index in [9.17, 15) is 9.59 Å². The summed E-state index contributed by atoms with van der Waals surface area (Å²) in [5, 5.41) is 1.53. The minimum absolute atomic E-state index is 0.00548. The summed E-state index contributed by atoms with van der Waals surface area (Å²) in [4.78, 5) is 30.3. The second-order valence-electron chi connectivity index (χ2n) is 7.06. The van der Waals surface area contributed by atoms with Gasteiger partial charge < -0.3 is 14.5 Å². The highest BCUT2D eigenvalue weighted by molar-refractivity contribution is 6.07. The molecule has 2 heterocycles. The molecule has 0 radical (unpaired) electrons. The van der Waals surface area contributed by atoms with E-state index in [-0.39, 0.29) is 11.5 Å². The maximum atomic E-state index is 13.1. The van der Waals surface area contributed by atoms with Gasteiger partial charge in [0.25, 0.3) is 11.5 Å². The number of pyridine rings is 1. The predicted molar refractivity (Wildman–Crippen MR) is 100 cm³/mol. The normalized spacial score (nSPS) is 15.8. The first-order valence-corrected chi connectivity index (χ1v) is 8.95. The molecular weight excluding hydrogens is 314 g/mol. The highest BCUT2D eigenvalue weighted by atomic mass is 16.2. The Morgan fingerprint density at radius 3 is 2.64 bits per heavy atom. The number of para-hydroxylation sites is 1. The molecule has 4 rings (SSSR count). The van der Waals surface area contributed by atoms with Crippen molar-refractivity contribution in [1.82, 2.24) is 14.5 Å². The molecule has 0 unspecified atom stereocenters. The summed E-state index contributed by atoms with van der Waals surface area (Å²) in [6.07, 6.45) is 5.75. The summed E-state index contributed by atoms with van der Waals surface area (Å²) in [5.41, 5.74) is 2.04. The maximum absolute atomic E-state index is 13.1. The van der Waals surface area contributed by atoms with Gasteiger partial charge in [0.15, 0.2) is 0 Å². The van der Waals surface area contributed by atoms with Crippen LogP contribution in [0.1, 0.15) is 42.6 Å². The van der Waals surface area contributed by atoms with Crippen LogP contribution in [0.5, 0.6) is 0 Å². The SMILES string of the molecule is CN(C(=O)c1cc2c(=O)[nH]c3ccccc3c2n1C)C1CCCCC1. The first-order valence-electron chi connectivity index (χ1n) is 8.95. The number of fused-ring (bicyclic) bond motifs is 3. The van der Waals surface area contributed by atoms with Crippen molar-refractivity contribution < 1.29 is 4.79 Å². The first kappa shape index (κ1) is 15.9. The second kappa shape index (κ2) is 6.06. The number of amides is 1. The number of aryl methyl sites for hydroxylation is 1. The average molecular weight is 337 g/mol. The van der Waals surface area contributed by atoms with Crippen LogP contribution in [0.25, 0.3) is 21.8 Å². The molecule has 0 bridgehead atoms. The lowest BCUT2D eigenvalue weighted by atomic mass is 9.94. The van der Waals surface area contributed by atoms with E-state index in [2.05, 4.69) is 4.98 Å². The topological polar surface area (TPSA) is 58.1 Å². The molecule has 0 aliphatic heterocycles. The number of nitrogens with zero attached hydrogens (tertiary/aromatic N) is 2. The summed E-state index contributed by atoms with van der Waals surface area (Å²) >= 11 is 0. The summed E-state index contributed by atoms with van der Waals surface area (Å²) in [5.74, 6) is -0.00548. The molecule has 1 fully saturated rings. The number of carbonyl (C=O) groups is 1. The largest absolute Gasteiger partial charge is 0.339 e. The van der Waals surface area contributed by atoms with Gasteiger partial charge in [-0.3, -0.25) is 9.59 Å². The third-order valence-corrected chi connectivity index (χ3v) is 5.57. The number of aromatic nitrogens is 2. The van der Waals surface area contributed by atoms with Crippen molar-refractivity contribution in [3.8, 4) is 0 Å². The Hall–Kier alpha value is -2.56. The van der Waals surface area contributed by atoms with Gasteiger partial charge in [0, 0.05) is 25.5 Å². The fourth-order valence-corrected chi connectivity index (χ4v) is 4.11. The Morgan fingerprint density at radius 1 is 1.16 bits per heavy atom. The number of H-pyrrole nitrogens is 1. The van der Waals surface area contributed by atoms with Crippen LogP contribution in [-0.2, 0) is 7.05 Å². The van der Waals surface area contributed by atoms with E-state index in [1.807, 2.05) is 47.8 Å². The van der Waals surface area contributed by atoms with Gasteiger partial charge in [0.2, 0.25) is 0 Å². The zero-order valence-electron chi connectivity index (χ0n) is 14.7. The third kappa shape index (κ3) is 2.54. The molecule has 1 N–H and O–H groups in total. The van der Waals surface area contributed by atoms with E-state index in [0.29, 0.717) is 17.1 Å². The summed E-state index contributed by atoms with van der Waals surface area (Å²) < 4.78 is 1.87. The first-order chi connectivity index (χ1) is 12.1. The summed E-state index contributed by atoms with van der Waals surface area (Å²) in [6, 6.07) is 9.75. The monoisotopic (exact) mass is 337 g/mol. The van der Waals surface area contributed by atoms with E-state index in [1.165, 1.54) is 19.3 Å². The zero-order chi connectivity index (χ0) is 17.6. The van der Waals surface area contributed by atoms with Crippen molar-refractivity contribution in [3.63, 3.8) is 0 Å². The van der Waals surface area contributed by atoms with E-state index >= 15 is 0 Å². The minimum atomic E-state index is -0.149. The summed E-state index contributed by atoms with van der Waals surface area (Å²) in [6.45, 7) is 0. The van der Waals surface area contributed by atoms with Crippen molar-refractivity contribution in [1.29, 1.82) is 0 Å². The second-order valence-corrected chi connectivity index (χ2v) is 7.06. The molecule has 130 valence electrons. The molecule has 5 heteroatoms. The van der Waals surface area contributed by atoms with E-state index in [1.54, 1.807) is 6.07 Å². The van der Waals surface area contributed by atoms with Gasteiger partial charge in [-0.2, -0.15) is 0 Å². The Kier molecular flexibility index (Phi) is 3.86. The van der Waals surface area contributed by atoms with Crippen molar-refractivity contribution in [2.75, 3.05) is 7.05 Å². The van der Waals surface area contributed by atoms with Gasteiger partial charge in [-0.1, -0.05) is 37.5 Å². The van der Waals surface area contributed by atoms with E-state index < -0.39 is 0 Å². The quantitative estimate of drug-likeness (QED) is 0.779. The number of carbonyl (C=O) groups excluding carboxylic acids is 1. The molecule has 1 aliphatic carbocycles. The van der Waals surface area contributed by atoms with Crippen LogP contribution >= 0.6 is 0 Å². The van der Waals surface area contributed by atoms with E-state index in [4.69, 9.17) is 0 Å². The van der Waals surface area contributed by atoms with Crippen LogP contribution in [0, 0.1) is 0 Å². The van der Waals surface area contributed by atoms with Crippen LogP contribution in [0.3, 0.4) is 0 Å². The molecule has 1 amide bonds. The van der Waals surface area contributed by atoms with Crippen LogP contribution in [0.4, 0.5) is 0 Å². The maximum Gasteiger partial charge on any atom is 0.270 e. The number of rotatable bonds is 2. The fourth-order valence-electron chi connectivity index (χ4n) is 4.11. The smallest absolute Gasteiger partial charge is 0.270 e. The third-order valence-electron chi connectivity index (χ3n) is 5.57. The van der Waals surface area contributed by atoms with Crippen molar-refractivity contribution >= 4 is 27.7 Å². The average Bonchev–Trinajstić information content (AvgIpc) is 3.00. The number of nitrogens with one attached hydrogen (secondary N) is 1. The molecule has 1 aromatic carbocycles. The minimum Gasteiger partial charge on any atom is -0.339 e. The van der Waals surface area contributed by atoms with Gasteiger partial charge in [0.05, 0.1) is 16.4 Å². The molecule has 1 aliphatic rings. The molecule has 0 saturated heterocycles. The predicted octanol–water partition coefficient (Wildman–Crippen LogP) is 3.42. The lowest BCUT2D eigenvalue weighted by Crippen LogP contribution is -2.39. The zero-order valence-corrected chi connectivity index (χ0v) is 14.7. The van der Waals surface area contributed by atoms with Gasteiger partial charge in [-0.15, -0.1) is 0 Å². The highest BCUT2D eigenvalue weighted by Crippen LogP contribution is 2.27. The molecule has 0 spiro atoms. The molecule has 1 saturated carbocycles. The standard InChI is InChI=1S/C20H23N3O2/c1-22(13-8-4-3-5-9-13)20(25)17-12-15-18(23(17)2)14-10-6-7-11-16(14)21-19(15)24/h6-7,10-13H,3-5,8-9H2,1-2H3,(H,21,24).